The van der Waals surface area contributed by atoms with Gasteiger partial charge in [0.2, 0.25) is 16.0 Å². The van der Waals surface area contributed by atoms with Gasteiger partial charge in [-0.2, -0.15) is 4.39 Å². The molecule has 0 radical (unpaired) electrons. The zero-order chi connectivity index (χ0) is 23.6. The van der Waals surface area contributed by atoms with Crippen LogP contribution >= 0.6 is 0 Å². The fraction of sp³-hybridized carbons (Fsp3) is 0.130. The summed E-state index contributed by atoms with van der Waals surface area (Å²) in [6.45, 7) is 1.68. The molecular formula is C23H19F3N4O2S. The molecule has 0 atom stereocenters. The molecule has 0 spiro atoms. The molecule has 0 aliphatic heterocycles. The molecule has 2 heterocycles. The predicted octanol–water partition coefficient (Wildman–Crippen LogP) is 5.61. The zero-order valence-electron chi connectivity index (χ0n) is 17.4. The van der Waals surface area contributed by atoms with Gasteiger partial charge in [0.15, 0.2) is 5.82 Å². The van der Waals surface area contributed by atoms with Crippen LogP contribution in [0.1, 0.15) is 13.3 Å². The number of nitrogens with zero attached hydrogens (tertiary/aromatic N) is 2. The third-order valence-electron chi connectivity index (χ3n) is 4.89. The van der Waals surface area contributed by atoms with Crippen LogP contribution in [0, 0.1) is 17.6 Å². The third-order valence-corrected chi connectivity index (χ3v) is 6.37. The Kier molecular flexibility index (Phi) is 6.19. The van der Waals surface area contributed by atoms with E-state index in [1.165, 1.54) is 24.5 Å². The highest BCUT2D eigenvalue weighted by Crippen LogP contribution is 2.33. The highest BCUT2D eigenvalue weighted by molar-refractivity contribution is 7.92. The van der Waals surface area contributed by atoms with Crippen LogP contribution in [0.2, 0.25) is 0 Å². The number of nitrogens with one attached hydrogen (secondary N) is 2. The van der Waals surface area contributed by atoms with Gasteiger partial charge in [0.25, 0.3) is 0 Å². The van der Waals surface area contributed by atoms with Crippen LogP contribution in [0.15, 0.2) is 60.9 Å². The minimum absolute atomic E-state index is 0.194. The van der Waals surface area contributed by atoms with Gasteiger partial charge in [-0.15, -0.1) is 0 Å². The summed E-state index contributed by atoms with van der Waals surface area (Å²) in [4.78, 5) is 7.80. The third kappa shape index (κ3) is 4.90. The van der Waals surface area contributed by atoms with E-state index in [0.29, 0.717) is 34.1 Å². The SMILES string of the molecule is CCCS(=O)(=O)Nc1ccc(F)c(Nc2ccnc3ccc(-c4ccnc(F)c4)cc23)c1F. The lowest BCUT2D eigenvalue weighted by Crippen LogP contribution is -2.17. The van der Waals surface area contributed by atoms with Crippen molar-refractivity contribution in [3.05, 3.63) is 78.5 Å². The molecule has 33 heavy (non-hydrogen) atoms. The fourth-order valence-electron chi connectivity index (χ4n) is 3.38. The minimum Gasteiger partial charge on any atom is -0.350 e. The number of pyridine rings is 2. The van der Waals surface area contributed by atoms with Crippen molar-refractivity contribution in [1.82, 2.24) is 9.97 Å². The van der Waals surface area contributed by atoms with Gasteiger partial charge in [-0.3, -0.25) is 9.71 Å². The number of anilines is 3. The number of fused-ring (bicyclic) bond motifs is 1. The standard InChI is InChI=1S/C23H19F3N4O2S/c1-2-11-33(31,32)30-20-6-4-17(24)23(22(20)26)29-19-8-10-27-18-5-3-14(12-16(18)19)15-7-9-28-21(25)13-15/h3-10,12-13,30H,2,11H2,1H3,(H,27,29). The summed E-state index contributed by atoms with van der Waals surface area (Å²) in [6, 6.07) is 11.6. The number of aromatic nitrogens is 2. The van der Waals surface area contributed by atoms with Gasteiger partial charge in [0, 0.05) is 29.5 Å². The van der Waals surface area contributed by atoms with Crippen LogP contribution in [0.3, 0.4) is 0 Å². The Morgan fingerprint density at radius 2 is 1.64 bits per heavy atom. The van der Waals surface area contributed by atoms with Crippen LogP contribution in [0.25, 0.3) is 22.0 Å². The highest BCUT2D eigenvalue weighted by Gasteiger charge is 2.19. The van der Waals surface area contributed by atoms with E-state index in [2.05, 4.69) is 20.0 Å². The lowest BCUT2D eigenvalue weighted by molar-refractivity contribution is 0.584. The van der Waals surface area contributed by atoms with E-state index in [9.17, 15) is 17.2 Å². The minimum atomic E-state index is -3.77. The molecule has 0 unspecified atom stereocenters. The summed E-state index contributed by atoms with van der Waals surface area (Å²) < 4.78 is 69.4. The van der Waals surface area contributed by atoms with E-state index < -0.39 is 33.3 Å². The maximum Gasteiger partial charge on any atom is 0.232 e. The lowest BCUT2D eigenvalue weighted by Gasteiger charge is -2.15. The fourth-order valence-corrected chi connectivity index (χ4v) is 4.52. The van der Waals surface area contributed by atoms with Crippen molar-refractivity contribution in [2.45, 2.75) is 13.3 Å². The van der Waals surface area contributed by atoms with E-state index in [1.54, 1.807) is 31.2 Å². The van der Waals surface area contributed by atoms with E-state index in [1.807, 2.05) is 0 Å². The van der Waals surface area contributed by atoms with Gasteiger partial charge in [0.05, 0.1) is 17.0 Å². The molecule has 2 aromatic carbocycles. The average molecular weight is 472 g/mol. The van der Waals surface area contributed by atoms with Crippen molar-refractivity contribution in [2.24, 2.45) is 0 Å². The molecule has 0 saturated heterocycles. The summed E-state index contributed by atoms with van der Waals surface area (Å²) in [5.41, 5.74) is 1.23. The van der Waals surface area contributed by atoms with Crippen molar-refractivity contribution >= 4 is 38.0 Å². The molecule has 10 heteroatoms. The van der Waals surface area contributed by atoms with Crippen LogP contribution in [0.4, 0.5) is 30.2 Å². The van der Waals surface area contributed by atoms with Gasteiger partial charge in [-0.05, 0) is 53.9 Å². The van der Waals surface area contributed by atoms with Crippen molar-refractivity contribution in [3.8, 4) is 11.1 Å². The second-order valence-electron chi connectivity index (χ2n) is 7.29. The second kappa shape index (κ2) is 9.07. The monoisotopic (exact) mass is 472 g/mol. The van der Waals surface area contributed by atoms with Gasteiger partial charge in [-0.25, -0.2) is 22.2 Å². The summed E-state index contributed by atoms with van der Waals surface area (Å²) in [6.07, 6.45) is 3.16. The average Bonchev–Trinajstić information content (AvgIpc) is 2.78. The first-order valence-electron chi connectivity index (χ1n) is 10.0. The topological polar surface area (TPSA) is 84.0 Å². The largest absolute Gasteiger partial charge is 0.350 e. The first kappa shape index (κ1) is 22.5. The van der Waals surface area contributed by atoms with Crippen LogP contribution < -0.4 is 10.0 Å². The first-order valence-corrected chi connectivity index (χ1v) is 11.7. The molecular weight excluding hydrogens is 453 g/mol. The number of halogens is 3. The molecule has 0 bridgehead atoms. The molecule has 0 fully saturated rings. The quantitative estimate of drug-likeness (QED) is 0.342. The molecule has 6 nitrogen and oxygen atoms in total. The zero-order valence-corrected chi connectivity index (χ0v) is 18.3. The lowest BCUT2D eigenvalue weighted by atomic mass is 10.0. The number of benzene rings is 2. The van der Waals surface area contributed by atoms with E-state index in [4.69, 9.17) is 0 Å². The summed E-state index contributed by atoms with van der Waals surface area (Å²) in [5.74, 6) is -2.81. The number of hydrogen-bond acceptors (Lipinski definition) is 5. The van der Waals surface area contributed by atoms with Gasteiger partial charge in [-0.1, -0.05) is 13.0 Å². The molecule has 170 valence electrons. The Bertz CT molecular complexity index is 1450. The van der Waals surface area contributed by atoms with Gasteiger partial charge in [0.1, 0.15) is 11.5 Å². The summed E-state index contributed by atoms with van der Waals surface area (Å²) >= 11 is 0. The van der Waals surface area contributed by atoms with Crippen LogP contribution in [0.5, 0.6) is 0 Å². The Balaban J connectivity index is 1.76. The van der Waals surface area contributed by atoms with E-state index >= 15 is 4.39 Å². The maximum absolute atomic E-state index is 15.1. The summed E-state index contributed by atoms with van der Waals surface area (Å²) in [5, 5.41) is 3.25. The van der Waals surface area contributed by atoms with Gasteiger partial charge < -0.3 is 5.32 Å². The molecule has 0 aliphatic carbocycles. The Morgan fingerprint density at radius 1 is 0.879 bits per heavy atom. The van der Waals surface area contributed by atoms with Crippen LogP contribution in [-0.4, -0.2) is 24.1 Å². The second-order valence-corrected chi connectivity index (χ2v) is 9.13. The van der Waals surface area contributed by atoms with Crippen molar-refractivity contribution in [2.75, 3.05) is 15.8 Å². The molecule has 0 amide bonds. The molecule has 4 aromatic rings. The number of sulfonamides is 1. The molecule has 0 saturated carbocycles. The smallest absolute Gasteiger partial charge is 0.232 e. The van der Waals surface area contributed by atoms with Crippen molar-refractivity contribution in [3.63, 3.8) is 0 Å². The van der Waals surface area contributed by atoms with E-state index in [0.717, 1.165) is 12.1 Å². The highest BCUT2D eigenvalue weighted by atomic mass is 32.2. The molecule has 2 N–H and O–H groups in total. The Labute approximate surface area is 188 Å². The normalized spacial score (nSPS) is 11.5. The Morgan fingerprint density at radius 3 is 2.39 bits per heavy atom. The van der Waals surface area contributed by atoms with E-state index in [-0.39, 0.29) is 11.4 Å². The van der Waals surface area contributed by atoms with Crippen molar-refractivity contribution in [1.29, 1.82) is 0 Å². The van der Waals surface area contributed by atoms with Crippen LogP contribution in [-0.2, 0) is 10.0 Å². The predicted molar refractivity (Wildman–Crippen MR) is 122 cm³/mol. The van der Waals surface area contributed by atoms with Gasteiger partial charge >= 0.3 is 0 Å². The first-order chi connectivity index (χ1) is 15.8. The molecule has 4 rings (SSSR count). The molecule has 0 aliphatic rings. The summed E-state index contributed by atoms with van der Waals surface area (Å²) in [7, 11) is -3.77. The van der Waals surface area contributed by atoms with Crippen molar-refractivity contribution < 1.29 is 21.6 Å². The molecule has 2 aromatic heterocycles. The number of rotatable bonds is 7. The maximum atomic E-state index is 15.1. The Hall–Kier alpha value is -3.66. The number of hydrogen-bond donors (Lipinski definition) is 2.